The molecule has 0 saturated heterocycles. The second-order valence-electron chi connectivity index (χ2n) is 7.14. The summed E-state index contributed by atoms with van der Waals surface area (Å²) < 4.78 is 5.30. The number of nitrogens with zero attached hydrogens (tertiary/aromatic N) is 1. The summed E-state index contributed by atoms with van der Waals surface area (Å²) in [6.07, 6.45) is 1.46. The fraction of sp³-hybridized carbons (Fsp3) is 0.286. The lowest BCUT2D eigenvalue weighted by molar-refractivity contribution is -0.123. The normalized spacial score (nSPS) is 11.3. The highest BCUT2D eigenvalue weighted by molar-refractivity contribution is 5.97. The lowest BCUT2D eigenvalue weighted by Crippen LogP contribution is -2.27. The molecular weight excluding hydrogens is 358 g/mol. The van der Waals surface area contributed by atoms with E-state index < -0.39 is 5.41 Å². The van der Waals surface area contributed by atoms with Gasteiger partial charge in [0, 0.05) is 16.7 Å². The summed E-state index contributed by atoms with van der Waals surface area (Å²) in [6.45, 7) is 7.73. The number of phenols is 1. The van der Waals surface area contributed by atoms with Crippen molar-refractivity contribution in [1.29, 1.82) is 0 Å². The minimum atomic E-state index is -0.499. The van der Waals surface area contributed by atoms with Crippen LogP contribution in [0.2, 0.25) is 0 Å². The van der Waals surface area contributed by atoms with Crippen molar-refractivity contribution in [3.63, 3.8) is 0 Å². The van der Waals surface area contributed by atoms with Crippen molar-refractivity contribution in [3.05, 3.63) is 53.6 Å². The zero-order valence-corrected chi connectivity index (χ0v) is 16.4. The zero-order valence-electron chi connectivity index (χ0n) is 16.4. The highest BCUT2D eigenvalue weighted by Crippen LogP contribution is 2.26. The maximum atomic E-state index is 12.2. The quantitative estimate of drug-likeness (QED) is 0.525. The van der Waals surface area contributed by atoms with Gasteiger partial charge in [-0.15, -0.1) is 0 Å². The molecule has 0 aliphatic rings. The smallest absolute Gasteiger partial charge is 0.271 e. The predicted molar refractivity (Wildman–Crippen MR) is 109 cm³/mol. The van der Waals surface area contributed by atoms with Crippen LogP contribution in [0.15, 0.2) is 47.6 Å². The van der Waals surface area contributed by atoms with Crippen LogP contribution in [0.25, 0.3) is 0 Å². The number of hydrogen-bond acceptors (Lipinski definition) is 5. The molecule has 0 aliphatic heterocycles. The first-order valence-corrected chi connectivity index (χ1v) is 8.91. The molecule has 0 aromatic heterocycles. The van der Waals surface area contributed by atoms with Gasteiger partial charge in [-0.3, -0.25) is 9.59 Å². The topological polar surface area (TPSA) is 100 Å². The number of hydrogen-bond donors (Lipinski definition) is 3. The molecule has 2 amide bonds. The maximum absolute atomic E-state index is 12.2. The van der Waals surface area contributed by atoms with Gasteiger partial charge >= 0.3 is 0 Å². The number of amides is 2. The van der Waals surface area contributed by atoms with E-state index in [0.717, 1.165) is 0 Å². The van der Waals surface area contributed by atoms with Gasteiger partial charge < -0.3 is 15.2 Å². The first-order chi connectivity index (χ1) is 13.2. The summed E-state index contributed by atoms with van der Waals surface area (Å²) in [5, 5.41) is 16.4. The standard InChI is InChI=1S/C21H25N3O4/c1-5-28-18-12-14(6-11-17(18)25)13-22-24-19(26)15-7-9-16(10-8-15)23-20(27)21(2,3)4/h6-13,25H,5H2,1-4H3,(H,23,27)(H,24,26)/b22-13-. The van der Waals surface area contributed by atoms with Crippen LogP contribution >= 0.6 is 0 Å². The number of aromatic hydroxyl groups is 1. The second-order valence-corrected chi connectivity index (χ2v) is 7.14. The summed E-state index contributed by atoms with van der Waals surface area (Å²) >= 11 is 0. The predicted octanol–water partition coefficient (Wildman–Crippen LogP) is 3.54. The molecule has 0 saturated carbocycles. The fourth-order valence-electron chi connectivity index (χ4n) is 2.14. The van der Waals surface area contributed by atoms with Gasteiger partial charge in [-0.1, -0.05) is 20.8 Å². The second kappa shape index (κ2) is 9.03. The Kier molecular flexibility index (Phi) is 6.76. The van der Waals surface area contributed by atoms with Gasteiger partial charge in [0.2, 0.25) is 5.91 Å². The SMILES string of the molecule is CCOc1cc(/C=N\NC(=O)c2ccc(NC(=O)C(C)(C)C)cc2)ccc1O. The monoisotopic (exact) mass is 383 g/mol. The molecule has 148 valence electrons. The minimum absolute atomic E-state index is 0.0432. The van der Waals surface area contributed by atoms with Gasteiger partial charge in [-0.2, -0.15) is 5.10 Å². The van der Waals surface area contributed by atoms with Crippen LogP contribution in [0.4, 0.5) is 5.69 Å². The van der Waals surface area contributed by atoms with Crippen LogP contribution in [0.5, 0.6) is 11.5 Å². The van der Waals surface area contributed by atoms with Crippen LogP contribution in [-0.4, -0.2) is 29.7 Å². The Morgan fingerprint density at radius 1 is 1.14 bits per heavy atom. The van der Waals surface area contributed by atoms with Gasteiger partial charge in [0.15, 0.2) is 11.5 Å². The molecular formula is C21H25N3O4. The Labute approximate surface area is 164 Å². The number of ether oxygens (including phenoxy) is 1. The third-order valence-corrected chi connectivity index (χ3v) is 3.75. The van der Waals surface area contributed by atoms with E-state index in [1.807, 2.05) is 27.7 Å². The third kappa shape index (κ3) is 5.84. The number of phenolic OH excluding ortho intramolecular Hbond substituents is 1. The highest BCUT2D eigenvalue weighted by Gasteiger charge is 2.21. The molecule has 2 rings (SSSR count). The van der Waals surface area contributed by atoms with Crippen molar-refractivity contribution in [1.82, 2.24) is 5.43 Å². The summed E-state index contributed by atoms with van der Waals surface area (Å²) in [6, 6.07) is 11.3. The van der Waals surface area contributed by atoms with Gasteiger partial charge in [0.25, 0.3) is 5.91 Å². The van der Waals surface area contributed by atoms with Crippen LogP contribution in [0.1, 0.15) is 43.6 Å². The largest absolute Gasteiger partial charge is 0.504 e. The van der Waals surface area contributed by atoms with Crippen molar-refractivity contribution in [3.8, 4) is 11.5 Å². The van der Waals surface area contributed by atoms with Gasteiger partial charge in [-0.25, -0.2) is 5.43 Å². The van der Waals surface area contributed by atoms with Crippen molar-refractivity contribution < 1.29 is 19.4 Å². The molecule has 0 atom stereocenters. The van der Waals surface area contributed by atoms with Crippen LogP contribution in [0, 0.1) is 5.41 Å². The number of carbonyl (C=O) groups is 2. The number of carbonyl (C=O) groups excluding carboxylic acids is 2. The molecule has 0 unspecified atom stereocenters. The lowest BCUT2D eigenvalue weighted by Gasteiger charge is -2.17. The van der Waals surface area contributed by atoms with Crippen molar-refractivity contribution in [2.45, 2.75) is 27.7 Å². The van der Waals surface area contributed by atoms with Gasteiger partial charge in [-0.05, 0) is 55.0 Å². The Morgan fingerprint density at radius 2 is 1.82 bits per heavy atom. The molecule has 0 radical (unpaired) electrons. The molecule has 0 aliphatic carbocycles. The molecule has 2 aromatic rings. The molecule has 2 aromatic carbocycles. The van der Waals surface area contributed by atoms with E-state index in [9.17, 15) is 14.7 Å². The van der Waals surface area contributed by atoms with E-state index in [-0.39, 0.29) is 17.6 Å². The van der Waals surface area contributed by atoms with E-state index in [1.165, 1.54) is 12.3 Å². The van der Waals surface area contributed by atoms with Crippen molar-refractivity contribution in [2.75, 3.05) is 11.9 Å². The molecule has 7 heteroatoms. The first kappa shape index (κ1) is 21.0. The fourth-order valence-corrected chi connectivity index (χ4v) is 2.14. The molecule has 0 bridgehead atoms. The number of anilines is 1. The summed E-state index contributed by atoms with van der Waals surface area (Å²) in [4.78, 5) is 24.2. The molecule has 28 heavy (non-hydrogen) atoms. The third-order valence-electron chi connectivity index (χ3n) is 3.75. The average Bonchev–Trinajstić information content (AvgIpc) is 2.64. The van der Waals surface area contributed by atoms with Gasteiger partial charge in [0.1, 0.15) is 0 Å². The number of nitrogens with one attached hydrogen (secondary N) is 2. The van der Waals surface area contributed by atoms with Crippen LogP contribution < -0.4 is 15.5 Å². The molecule has 0 fully saturated rings. The minimum Gasteiger partial charge on any atom is -0.504 e. The van der Waals surface area contributed by atoms with Gasteiger partial charge in [0.05, 0.1) is 12.8 Å². The Morgan fingerprint density at radius 3 is 2.43 bits per heavy atom. The molecule has 3 N–H and O–H groups in total. The average molecular weight is 383 g/mol. The maximum Gasteiger partial charge on any atom is 0.271 e. The van der Waals surface area contributed by atoms with Crippen molar-refractivity contribution in [2.24, 2.45) is 10.5 Å². The molecule has 7 nitrogen and oxygen atoms in total. The number of benzene rings is 2. The summed E-state index contributed by atoms with van der Waals surface area (Å²) in [5.41, 5.74) is 3.63. The summed E-state index contributed by atoms with van der Waals surface area (Å²) in [5.74, 6) is -0.0873. The Balaban J connectivity index is 1.97. The van der Waals surface area contributed by atoms with E-state index >= 15 is 0 Å². The Hall–Kier alpha value is -3.35. The number of hydrazone groups is 1. The van der Waals surface area contributed by atoms with E-state index in [1.54, 1.807) is 36.4 Å². The highest BCUT2D eigenvalue weighted by atomic mass is 16.5. The number of rotatable bonds is 6. The first-order valence-electron chi connectivity index (χ1n) is 8.91. The van der Waals surface area contributed by atoms with Crippen molar-refractivity contribution >= 4 is 23.7 Å². The van der Waals surface area contributed by atoms with Crippen LogP contribution in [-0.2, 0) is 4.79 Å². The zero-order chi connectivity index (χ0) is 20.7. The van der Waals surface area contributed by atoms with E-state index in [0.29, 0.717) is 29.2 Å². The van der Waals surface area contributed by atoms with E-state index in [4.69, 9.17) is 4.74 Å². The molecule has 0 spiro atoms. The van der Waals surface area contributed by atoms with Crippen LogP contribution in [0.3, 0.4) is 0 Å². The lowest BCUT2D eigenvalue weighted by atomic mass is 9.95. The van der Waals surface area contributed by atoms with E-state index in [2.05, 4.69) is 15.8 Å². The Bertz CT molecular complexity index is 868. The summed E-state index contributed by atoms with van der Waals surface area (Å²) in [7, 11) is 0. The molecule has 0 heterocycles.